The van der Waals surface area contributed by atoms with Gasteiger partial charge in [-0.3, -0.25) is 4.79 Å². The maximum absolute atomic E-state index is 13.3. The van der Waals surface area contributed by atoms with Gasteiger partial charge in [0.2, 0.25) is 10.0 Å². The Bertz CT molecular complexity index is 1340. The predicted molar refractivity (Wildman–Crippen MR) is 109 cm³/mol. The smallest absolute Gasteiger partial charge is 0.364 e. The first-order valence-electron chi connectivity index (χ1n) is 9.30. The van der Waals surface area contributed by atoms with Gasteiger partial charge in [0.05, 0.1) is 11.3 Å². The second-order valence-electron chi connectivity index (χ2n) is 7.11. The second-order valence-corrected chi connectivity index (χ2v) is 8.79. The predicted octanol–water partition coefficient (Wildman–Crippen LogP) is 4.64. The van der Waals surface area contributed by atoms with E-state index >= 15 is 0 Å². The zero-order valence-electron chi connectivity index (χ0n) is 16.4. The van der Waals surface area contributed by atoms with E-state index in [1.54, 1.807) is 0 Å². The average Bonchev–Trinajstić information content (AvgIpc) is 2.75. The number of fused-ring (bicyclic) bond motifs is 1. The molecule has 6 nitrogen and oxygen atoms in total. The number of alkyl halides is 3. The number of nitrogens with one attached hydrogen (secondary N) is 3. The molecule has 3 aromatic rings. The summed E-state index contributed by atoms with van der Waals surface area (Å²) in [6.45, 7) is 0. The number of carbonyl (C=O) groups excluding carboxylic acids is 1. The number of halogens is 5. The van der Waals surface area contributed by atoms with Crippen molar-refractivity contribution in [1.82, 2.24) is 4.72 Å². The summed E-state index contributed by atoms with van der Waals surface area (Å²) in [6, 6.07) is 10.6. The lowest BCUT2D eigenvalue weighted by Gasteiger charge is -2.29. The highest BCUT2D eigenvalue weighted by atomic mass is 32.2. The molecule has 0 bridgehead atoms. The highest BCUT2D eigenvalue weighted by Crippen LogP contribution is 2.37. The molecular formula is C21H14F5N3O3S. The van der Waals surface area contributed by atoms with Crippen molar-refractivity contribution in [2.45, 2.75) is 17.2 Å². The number of sulfonamides is 1. The average molecular weight is 483 g/mol. The van der Waals surface area contributed by atoms with E-state index in [1.165, 1.54) is 30.3 Å². The van der Waals surface area contributed by atoms with Crippen molar-refractivity contribution in [3.8, 4) is 0 Å². The van der Waals surface area contributed by atoms with Gasteiger partial charge in [-0.15, -0.1) is 0 Å². The molecule has 3 aromatic carbocycles. The molecule has 0 fully saturated rings. The summed E-state index contributed by atoms with van der Waals surface area (Å²) in [7, 11) is -4.10. The first-order valence-corrected chi connectivity index (χ1v) is 10.8. The molecule has 33 heavy (non-hydrogen) atoms. The molecular weight excluding hydrogens is 469 g/mol. The van der Waals surface area contributed by atoms with Crippen LogP contribution in [0.25, 0.3) is 0 Å². The number of amides is 1. The number of benzene rings is 3. The molecule has 0 unspecified atom stereocenters. The Labute approximate surface area is 184 Å². The van der Waals surface area contributed by atoms with Gasteiger partial charge in [0, 0.05) is 17.3 Å². The van der Waals surface area contributed by atoms with Crippen molar-refractivity contribution in [3.05, 3.63) is 89.0 Å². The van der Waals surface area contributed by atoms with E-state index in [0.29, 0.717) is 17.7 Å². The lowest BCUT2D eigenvalue weighted by atomic mass is 10.1. The summed E-state index contributed by atoms with van der Waals surface area (Å²) in [5.41, 5.74) is -0.739. The van der Waals surface area contributed by atoms with E-state index in [2.05, 4.69) is 15.4 Å². The van der Waals surface area contributed by atoms with Crippen LogP contribution >= 0.6 is 0 Å². The van der Waals surface area contributed by atoms with Gasteiger partial charge < -0.3 is 10.6 Å². The van der Waals surface area contributed by atoms with Crippen LogP contribution in [0.5, 0.6) is 0 Å². The quantitative estimate of drug-likeness (QED) is 0.474. The van der Waals surface area contributed by atoms with Gasteiger partial charge in [-0.1, -0.05) is 12.1 Å². The van der Waals surface area contributed by atoms with Crippen LogP contribution in [0.3, 0.4) is 0 Å². The maximum atomic E-state index is 13.3. The van der Waals surface area contributed by atoms with E-state index < -0.39 is 45.5 Å². The highest BCUT2D eigenvalue weighted by molar-refractivity contribution is 7.89. The van der Waals surface area contributed by atoms with Crippen molar-refractivity contribution in [2.24, 2.45) is 0 Å². The van der Waals surface area contributed by atoms with Gasteiger partial charge in [-0.2, -0.15) is 17.9 Å². The van der Waals surface area contributed by atoms with Crippen LogP contribution in [0, 0.1) is 11.6 Å². The summed E-state index contributed by atoms with van der Waals surface area (Å²) >= 11 is 0. The SMILES string of the molecule is O=C(Nc1ccc(F)c(F)c1)c1ccc([C@@H]2Nc3cc(C(F)(F)F)ccc3S(=O)(=O)N2)cc1. The number of hydrogen-bond acceptors (Lipinski definition) is 4. The monoisotopic (exact) mass is 483 g/mol. The van der Waals surface area contributed by atoms with Crippen LogP contribution < -0.4 is 15.4 Å². The zero-order valence-corrected chi connectivity index (χ0v) is 17.2. The van der Waals surface area contributed by atoms with E-state index in [4.69, 9.17) is 0 Å². The molecule has 0 spiro atoms. The molecule has 12 heteroatoms. The van der Waals surface area contributed by atoms with E-state index in [0.717, 1.165) is 18.2 Å². The lowest BCUT2D eigenvalue weighted by molar-refractivity contribution is -0.137. The van der Waals surface area contributed by atoms with Gasteiger partial charge in [-0.25, -0.2) is 17.2 Å². The van der Waals surface area contributed by atoms with Crippen molar-refractivity contribution in [2.75, 3.05) is 10.6 Å². The van der Waals surface area contributed by atoms with E-state index in [-0.39, 0.29) is 21.8 Å². The lowest BCUT2D eigenvalue weighted by Crippen LogP contribution is -2.38. The fourth-order valence-corrected chi connectivity index (χ4v) is 4.50. The minimum Gasteiger partial charge on any atom is -0.364 e. The molecule has 0 aromatic heterocycles. The Hall–Kier alpha value is -3.51. The molecule has 0 radical (unpaired) electrons. The summed E-state index contributed by atoms with van der Waals surface area (Å²) in [6.07, 6.45) is -5.74. The van der Waals surface area contributed by atoms with Crippen LogP contribution in [0.2, 0.25) is 0 Å². The zero-order chi connectivity index (χ0) is 24.0. The molecule has 1 amide bonds. The second kappa shape index (κ2) is 8.12. The topological polar surface area (TPSA) is 87.3 Å². The van der Waals surface area contributed by atoms with Gasteiger partial charge in [0.1, 0.15) is 11.1 Å². The molecule has 0 aliphatic carbocycles. The largest absolute Gasteiger partial charge is 0.416 e. The van der Waals surface area contributed by atoms with Crippen LogP contribution in [-0.2, 0) is 16.2 Å². The number of hydrogen-bond donors (Lipinski definition) is 3. The molecule has 1 aliphatic rings. The Kier molecular flexibility index (Phi) is 5.58. The third kappa shape index (κ3) is 4.66. The van der Waals surface area contributed by atoms with Gasteiger partial charge in [0.15, 0.2) is 11.6 Å². The van der Waals surface area contributed by atoms with Crippen LogP contribution in [0.4, 0.5) is 33.3 Å². The maximum Gasteiger partial charge on any atom is 0.416 e. The van der Waals surface area contributed by atoms with Gasteiger partial charge in [0.25, 0.3) is 5.91 Å². The van der Waals surface area contributed by atoms with Crippen molar-refractivity contribution < 1.29 is 35.2 Å². The van der Waals surface area contributed by atoms with Crippen molar-refractivity contribution in [3.63, 3.8) is 0 Å². The number of carbonyl (C=O) groups is 1. The Balaban J connectivity index is 1.55. The van der Waals surface area contributed by atoms with Crippen molar-refractivity contribution in [1.29, 1.82) is 0 Å². The van der Waals surface area contributed by atoms with Gasteiger partial charge in [-0.05, 0) is 48.0 Å². The molecule has 0 saturated heterocycles. The minimum absolute atomic E-state index is 0.0294. The molecule has 0 saturated carbocycles. The molecule has 1 atom stereocenters. The standard InChI is InChI=1S/C21H14F5N3O3S/c22-15-7-6-14(10-16(15)23)27-20(30)12-3-1-11(2-4-12)19-28-17-9-13(21(24,25)26)5-8-18(17)33(31,32)29-19/h1-10,19,28-29H,(H,27,30)/t19-/m1/s1. The molecule has 3 N–H and O–H groups in total. The fourth-order valence-electron chi connectivity index (χ4n) is 3.21. The van der Waals surface area contributed by atoms with Crippen LogP contribution in [0.1, 0.15) is 27.7 Å². The minimum atomic E-state index is -4.65. The fraction of sp³-hybridized carbons (Fsp3) is 0.0952. The van der Waals surface area contributed by atoms with Crippen LogP contribution in [0.15, 0.2) is 65.6 Å². The first kappa shape index (κ1) is 22.7. The Morgan fingerprint density at radius 1 is 0.909 bits per heavy atom. The molecule has 1 heterocycles. The third-order valence-corrected chi connectivity index (χ3v) is 6.33. The highest BCUT2D eigenvalue weighted by Gasteiger charge is 2.35. The number of rotatable bonds is 3. The molecule has 1 aliphatic heterocycles. The molecule has 172 valence electrons. The summed E-state index contributed by atoms with van der Waals surface area (Å²) in [5, 5.41) is 5.11. The normalized spacial score (nSPS) is 17.1. The first-order chi connectivity index (χ1) is 15.4. The number of anilines is 2. The Morgan fingerprint density at radius 3 is 2.24 bits per heavy atom. The van der Waals surface area contributed by atoms with Gasteiger partial charge >= 0.3 is 6.18 Å². The summed E-state index contributed by atoms with van der Waals surface area (Å²) in [4.78, 5) is 12.0. The summed E-state index contributed by atoms with van der Waals surface area (Å²) in [5.74, 6) is -2.83. The molecule has 4 rings (SSSR count). The van der Waals surface area contributed by atoms with E-state index in [9.17, 15) is 35.2 Å². The van der Waals surface area contributed by atoms with Crippen LogP contribution in [-0.4, -0.2) is 14.3 Å². The summed E-state index contributed by atoms with van der Waals surface area (Å²) < 4.78 is 92.7. The van der Waals surface area contributed by atoms with E-state index in [1.807, 2.05) is 0 Å². The van der Waals surface area contributed by atoms with Crippen molar-refractivity contribution >= 4 is 27.3 Å². The Morgan fingerprint density at radius 2 is 1.61 bits per heavy atom. The third-order valence-electron chi connectivity index (χ3n) is 4.85.